The lowest BCUT2D eigenvalue weighted by Gasteiger charge is -2.36. The van der Waals surface area contributed by atoms with Gasteiger partial charge in [0, 0.05) is 19.6 Å². The Bertz CT molecular complexity index is 374. The Morgan fingerprint density at radius 1 is 1.45 bits per heavy atom. The van der Waals surface area contributed by atoms with Crippen molar-refractivity contribution in [3.05, 3.63) is 0 Å². The van der Waals surface area contributed by atoms with Gasteiger partial charge in [0.1, 0.15) is 5.60 Å². The Kier molecular flexibility index (Phi) is 4.04. The number of ether oxygens (including phenoxy) is 1. The van der Waals surface area contributed by atoms with Gasteiger partial charge in [-0.1, -0.05) is 13.8 Å². The standard InChI is InChI=1S/C15H28N2O3/c1-10(2)11-8-15(11)12(18)9-16-6-7-17(15)13(19)20-14(3,4)5/h10-12,16,18H,6-9H2,1-5H3/t11?,12-,15?/m0/s1. The molecule has 0 aromatic heterocycles. The maximum absolute atomic E-state index is 12.5. The highest BCUT2D eigenvalue weighted by Crippen LogP contribution is 2.55. The van der Waals surface area contributed by atoms with E-state index in [1.54, 1.807) is 4.90 Å². The van der Waals surface area contributed by atoms with Crippen LogP contribution < -0.4 is 5.32 Å². The minimum Gasteiger partial charge on any atom is -0.444 e. The number of carbonyl (C=O) groups is 1. The maximum atomic E-state index is 12.5. The molecule has 1 saturated heterocycles. The third-order valence-corrected chi connectivity index (χ3v) is 4.38. The fraction of sp³-hybridized carbons (Fsp3) is 0.933. The summed E-state index contributed by atoms with van der Waals surface area (Å²) in [5, 5.41) is 13.7. The molecule has 2 fully saturated rings. The molecule has 2 unspecified atom stereocenters. The lowest BCUT2D eigenvalue weighted by molar-refractivity contribution is -0.0123. The quantitative estimate of drug-likeness (QED) is 0.768. The van der Waals surface area contributed by atoms with Gasteiger partial charge < -0.3 is 15.2 Å². The van der Waals surface area contributed by atoms with E-state index in [0.717, 1.165) is 6.42 Å². The van der Waals surface area contributed by atoms with Crippen LogP contribution in [0.2, 0.25) is 0 Å². The van der Waals surface area contributed by atoms with E-state index in [0.29, 0.717) is 31.5 Å². The smallest absolute Gasteiger partial charge is 0.410 e. The molecule has 1 spiro atoms. The van der Waals surface area contributed by atoms with E-state index in [2.05, 4.69) is 19.2 Å². The number of rotatable bonds is 1. The normalized spacial score (nSPS) is 34.2. The van der Waals surface area contributed by atoms with E-state index in [4.69, 9.17) is 4.74 Å². The van der Waals surface area contributed by atoms with Crippen molar-refractivity contribution in [2.75, 3.05) is 19.6 Å². The molecule has 0 aromatic carbocycles. The summed E-state index contributed by atoms with van der Waals surface area (Å²) in [5.74, 6) is 0.803. The second-order valence-corrected chi connectivity index (χ2v) is 7.40. The van der Waals surface area contributed by atoms with Crippen molar-refractivity contribution >= 4 is 6.09 Å². The molecular weight excluding hydrogens is 256 g/mol. The Labute approximate surface area is 121 Å². The molecule has 5 heteroatoms. The first-order valence-electron chi connectivity index (χ1n) is 7.58. The highest BCUT2D eigenvalue weighted by atomic mass is 16.6. The number of β-amino-alcohol motifs (C(OH)–C–C–N with tert-alkyl or cyclic N) is 1. The molecule has 2 aliphatic rings. The van der Waals surface area contributed by atoms with Crippen LogP contribution in [0.1, 0.15) is 41.0 Å². The van der Waals surface area contributed by atoms with Crippen LogP contribution in [-0.2, 0) is 4.74 Å². The van der Waals surface area contributed by atoms with Gasteiger partial charge in [0.15, 0.2) is 0 Å². The van der Waals surface area contributed by atoms with Gasteiger partial charge in [0.05, 0.1) is 11.6 Å². The minimum absolute atomic E-state index is 0.302. The molecule has 1 amide bonds. The topological polar surface area (TPSA) is 61.8 Å². The van der Waals surface area contributed by atoms with Crippen LogP contribution in [0.3, 0.4) is 0 Å². The van der Waals surface area contributed by atoms with Crippen molar-refractivity contribution in [3.8, 4) is 0 Å². The third kappa shape index (κ3) is 2.79. The minimum atomic E-state index is -0.523. The summed E-state index contributed by atoms with van der Waals surface area (Å²) in [4.78, 5) is 14.3. The number of hydrogen-bond donors (Lipinski definition) is 2. The van der Waals surface area contributed by atoms with Gasteiger partial charge >= 0.3 is 6.09 Å². The second-order valence-electron chi connectivity index (χ2n) is 7.40. The van der Waals surface area contributed by atoms with Gasteiger partial charge in [-0.05, 0) is 39.0 Å². The molecule has 20 heavy (non-hydrogen) atoms. The molecule has 2 N–H and O–H groups in total. The number of nitrogens with zero attached hydrogens (tertiary/aromatic N) is 1. The lowest BCUT2D eigenvalue weighted by atomic mass is 9.98. The van der Waals surface area contributed by atoms with Gasteiger partial charge in [-0.2, -0.15) is 0 Å². The summed E-state index contributed by atoms with van der Waals surface area (Å²) in [6.07, 6.45) is 0.0422. The first-order chi connectivity index (χ1) is 9.18. The van der Waals surface area contributed by atoms with Gasteiger partial charge in [0.25, 0.3) is 0 Å². The Morgan fingerprint density at radius 2 is 2.10 bits per heavy atom. The van der Waals surface area contributed by atoms with Crippen molar-refractivity contribution in [2.24, 2.45) is 11.8 Å². The molecule has 1 heterocycles. The summed E-state index contributed by atoms with van der Waals surface area (Å²) in [7, 11) is 0. The van der Waals surface area contributed by atoms with Crippen LogP contribution in [-0.4, -0.2) is 53.0 Å². The number of aliphatic hydroxyl groups is 1. The summed E-state index contributed by atoms with van der Waals surface area (Å²) in [5.41, 5.74) is -0.939. The molecule has 0 aromatic rings. The van der Waals surface area contributed by atoms with Crippen LogP contribution in [0, 0.1) is 11.8 Å². The van der Waals surface area contributed by atoms with Crippen molar-refractivity contribution in [3.63, 3.8) is 0 Å². The van der Waals surface area contributed by atoms with E-state index in [1.807, 2.05) is 20.8 Å². The third-order valence-electron chi connectivity index (χ3n) is 4.38. The zero-order chi connectivity index (χ0) is 15.1. The lowest BCUT2D eigenvalue weighted by Crippen LogP contribution is -2.53. The van der Waals surface area contributed by atoms with E-state index in [1.165, 1.54) is 0 Å². The average molecular weight is 284 g/mol. The molecule has 1 aliphatic heterocycles. The largest absolute Gasteiger partial charge is 0.444 e. The molecular formula is C15H28N2O3. The SMILES string of the molecule is CC(C)C1CC12[C@@H](O)CNCCN2C(=O)OC(C)(C)C. The predicted molar refractivity (Wildman–Crippen MR) is 77.5 cm³/mol. The highest BCUT2D eigenvalue weighted by molar-refractivity contribution is 5.70. The molecule has 116 valence electrons. The number of aliphatic hydroxyl groups excluding tert-OH is 1. The van der Waals surface area contributed by atoms with E-state index < -0.39 is 17.2 Å². The summed E-state index contributed by atoms with van der Waals surface area (Å²) < 4.78 is 5.53. The van der Waals surface area contributed by atoms with Crippen LogP contribution in [0.4, 0.5) is 4.79 Å². The number of carbonyl (C=O) groups excluding carboxylic acids is 1. The van der Waals surface area contributed by atoms with Crippen molar-refractivity contribution in [1.82, 2.24) is 10.2 Å². The van der Waals surface area contributed by atoms with Crippen LogP contribution in [0.5, 0.6) is 0 Å². The van der Waals surface area contributed by atoms with E-state index in [9.17, 15) is 9.90 Å². The zero-order valence-electron chi connectivity index (χ0n) is 13.3. The van der Waals surface area contributed by atoms with Crippen LogP contribution in [0.25, 0.3) is 0 Å². The number of hydrogen-bond acceptors (Lipinski definition) is 4. The van der Waals surface area contributed by atoms with Crippen molar-refractivity contribution in [1.29, 1.82) is 0 Å². The molecule has 0 bridgehead atoms. The predicted octanol–water partition coefficient (Wildman–Crippen LogP) is 1.60. The van der Waals surface area contributed by atoms with Gasteiger partial charge in [-0.25, -0.2) is 4.79 Å². The molecule has 0 radical (unpaired) electrons. The number of amides is 1. The zero-order valence-corrected chi connectivity index (χ0v) is 13.3. The average Bonchev–Trinajstić information content (AvgIpc) is 3.04. The van der Waals surface area contributed by atoms with Gasteiger partial charge in [0.2, 0.25) is 0 Å². The molecule has 5 nitrogen and oxygen atoms in total. The molecule has 1 saturated carbocycles. The van der Waals surface area contributed by atoms with Gasteiger partial charge in [-0.15, -0.1) is 0 Å². The fourth-order valence-corrected chi connectivity index (χ4v) is 3.37. The van der Waals surface area contributed by atoms with Crippen molar-refractivity contribution < 1.29 is 14.6 Å². The maximum Gasteiger partial charge on any atom is 0.410 e. The number of nitrogens with one attached hydrogen (secondary N) is 1. The molecule has 3 atom stereocenters. The fourth-order valence-electron chi connectivity index (χ4n) is 3.37. The summed E-state index contributed by atoms with van der Waals surface area (Å²) in [6, 6.07) is 0. The first-order valence-corrected chi connectivity index (χ1v) is 7.58. The summed E-state index contributed by atoms with van der Waals surface area (Å²) in [6.45, 7) is 11.8. The van der Waals surface area contributed by atoms with Crippen LogP contribution >= 0.6 is 0 Å². The van der Waals surface area contributed by atoms with E-state index >= 15 is 0 Å². The van der Waals surface area contributed by atoms with Crippen LogP contribution in [0.15, 0.2) is 0 Å². The Balaban J connectivity index is 2.22. The monoisotopic (exact) mass is 284 g/mol. The Morgan fingerprint density at radius 3 is 2.60 bits per heavy atom. The van der Waals surface area contributed by atoms with E-state index in [-0.39, 0.29) is 6.09 Å². The molecule has 1 aliphatic carbocycles. The molecule has 2 rings (SSSR count). The van der Waals surface area contributed by atoms with Crippen molar-refractivity contribution in [2.45, 2.75) is 58.3 Å². The highest BCUT2D eigenvalue weighted by Gasteiger charge is 2.65. The summed E-state index contributed by atoms with van der Waals surface area (Å²) >= 11 is 0. The van der Waals surface area contributed by atoms with Gasteiger partial charge in [-0.3, -0.25) is 4.90 Å². The first kappa shape index (κ1) is 15.6. The second kappa shape index (κ2) is 5.19. The Hall–Kier alpha value is -0.810.